The number of nitrogens with zero attached hydrogens (tertiary/aromatic N) is 1. The zero-order valence-corrected chi connectivity index (χ0v) is 13.5. The molecular formula is C14H13BrClNO3. The highest BCUT2D eigenvalue weighted by atomic mass is 79.9. The Hall–Kier alpha value is -1.33. The molecule has 0 saturated carbocycles. The second kappa shape index (κ2) is 5.22. The maximum Gasteiger partial charge on any atom is 0.373 e. The summed E-state index contributed by atoms with van der Waals surface area (Å²) in [5, 5.41) is 9.67. The van der Waals surface area contributed by atoms with Crippen LogP contribution in [0.2, 0.25) is 5.02 Å². The number of oxazole rings is 1. The average Bonchev–Trinajstić information content (AvgIpc) is 2.73. The van der Waals surface area contributed by atoms with Crippen LogP contribution in [-0.4, -0.2) is 16.1 Å². The molecule has 0 unspecified atom stereocenters. The van der Waals surface area contributed by atoms with Crippen molar-refractivity contribution in [2.24, 2.45) is 0 Å². The SMILES string of the molecule is CC(C)(C)c1nc(-c2ccc(Br)cc2Cl)oc1C(=O)O. The molecule has 1 heterocycles. The van der Waals surface area contributed by atoms with Crippen LogP contribution in [0, 0.1) is 0 Å². The van der Waals surface area contributed by atoms with Crippen molar-refractivity contribution in [3.8, 4) is 11.5 Å². The van der Waals surface area contributed by atoms with E-state index in [0.717, 1.165) is 4.47 Å². The number of hydrogen-bond donors (Lipinski definition) is 1. The number of hydrogen-bond acceptors (Lipinski definition) is 3. The van der Waals surface area contributed by atoms with Gasteiger partial charge in [0.1, 0.15) is 5.69 Å². The zero-order valence-electron chi connectivity index (χ0n) is 11.2. The van der Waals surface area contributed by atoms with Crippen LogP contribution in [0.15, 0.2) is 27.1 Å². The van der Waals surface area contributed by atoms with Crippen molar-refractivity contribution >= 4 is 33.5 Å². The van der Waals surface area contributed by atoms with Crippen LogP contribution in [0.5, 0.6) is 0 Å². The molecule has 0 fully saturated rings. The second-order valence-electron chi connectivity index (χ2n) is 5.38. The van der Waals surface area contributed by atoms with Crippen molar-refractivity contribution in [3.63, 3.8) is 0 Å². The third kappa shape index (κ3) is 2.88. The first-order chi connectivity index (χ1) is 9.20. The summed E-state index contributed by atoms with van der Waals surface area (Å²) in [5.41, 5.74) is 0.531. The van der Waals surface area contributed by atoms with Crippen LogP contribution in [0.4, 0.5) is 0 Å². The van der Waals surface area contributed by atoms with E-state index in [4.69, 9.17) is 16.0 Å². The quantitative estimate of drug-likeness (QED) is 0.841. The molecule has 0 atom stereocenters. The van der Waals surface area contributed by atoms with Gasteiger partial charge in [0.05, 0.1) is 10.6 Å². The van der Waals surface area contributed by atoms with E-state index >= 15 is 0 Å². The van der Waals surface area contributed by atoms with Gasteiger partial charge in [-0.25, -0.2) is 9.78 Å². The highest BCUT2D eigenvalue weighted by Gasteiger charge is 2.29. The summed E-state index contributed by atoms with van der Waals surface area (Å²) in [5.74, 6) is -1.07. The number of carboxylic acid groups (broad SMARTS) is 1. The third-order valence-electron chi connectivity index (χ3n) is 2.69. The van der Waals surface area contributed by atoms with Gasteiger partial charge in [-0.1, -0.05) is 48.3 Å². The lowest BCUT2D eigenvalue weighted by Crippen LogP contribution is -2.16. The molecule has 0 spiro atoms. The lowest BCUT2D eigenvalue weighted by Gasteiger charge is -2.14. The highest BCUT2D eigenvalue weighted by Crippen LogP contribution is 2.34. The van der Waals surface area contributed by atoms with Crippen LogP contribution in [0.25, 0.3) is 11.5 Å². The molecule has 0 radical (unpaired) electrons. The fraction of sp³-hybridized carbons (Fsp3) is 0.286. The van der Waals surface area contributed by atoms with Gasteiger partial charge in [0.2, 0.25) is 11.7 Å². The van der Waals surface area contributed by atoms with Crippen LogP contribution < -0.4 is 0 Å². The van der Waals surface area contributed by atoms with Gasteiger partial charge >= 0.3 is 5.97 Å². The summed E-state index contributed by atoms with van der Waals surface area (Å²) < 4.78 is 6.23. The zero-order chi connectivity index (χ0) is 15.1. The Kier molecular flexibility index (Phi) is 3.93. The monoisotopic (exact) mass is 357 g/mol. The minimum absolute atomic E-state index is 0.147. The molecule has 1 N–H and O–H groups in total. The van der Waals surface area contributed by atoms with Gasteiger partial charge in [-0.2, -0.15) is 0 Å². The summed E-state index contributed by atoms with van der Waals surface area (Å²) in [7, 11) is 0. The molecule has 0 saturated heterocycles. The Balaban J connectivity index is 2.62. The molecular weight excluding hydrogens is 346 g/mol. The number of carboxylic acids is 1. The molecule has 1 aromatic carbocycles. The summed E-state index contributed by atoms with van der Waals surface area (Å²) in [6.07, 6.45) is 0. The minimum atomic E-state index is -1.14. The first-order valence-corrected chi connectivity index (χ1v) is 7.07. The van der Waals surface area contributed by atoms with Crippen molar-refractivity contribution in [3.05, 3.63) is 39.1 Å². The Bertz CT molecular complexity index is 674. The predicted octanol–water partition coefficient (Wildman–Crippen LogP) is 4.75. The largest absolute Gasteiger partial charge is 0.475 e. The molecule has 0 aliphatic heterocycles. The summed E-state index contributed by atoms with van der Waals surface area (Å²) in [6, 6.07) is 5.23. The van der Waals surface area contributed by atoms with Crippen LogP contribution in [-0.2, 0) is 5.41 Å². The second-order valence-corrected chi connectivity index (χ2v) is 6.70. The van der Waals surface area contributed by atoms with Crippen LogP contribution in [0.1, 0.15) is 37.0 Å². The Morgan fingerprint density at radius 1 is 1.40 bits per heavy atom. The fourth-order valence-corrected chi connectivity index (χ4v) is 2.51. The first kappa shape index (κ1) is 15.1. The molecule has 2 aromatic rings. The Morgan fingerprint density at radius 3 is 2.50 bits per heavy atom. The van der Waals surface area contributed by atoms with E-state index in [1.54, 1.807) is 18.2 Å². The van der Waals surface area contributed by atoms with Gasteiger partial charge in [-0.3, -0.25) is 0 Å². The molecule has 106 valence electrons. The van der Waals surface area contributed by atoms with Gasteiger partial charge < -0.3 is 9.52 Å². The summed E-state index contributed by atoms with van der Waals surface area (Å²) >= 11 is 9.46. The molecule has 1 aromatic heterocycles. The fourth-order valence-electron chi connectivity index (χ4n) is 1.75. The topological polar surface area (TPSA) is 63.3 Å². The number of rotatable bonds is 2. The van der Waals surface area contributed by atoms with Crippen molar-refractivity contribution in [1.82, 2.24) is 4.98 Å². The molecule has 0 aliphatic carbocycles. The average molecular weight is 359 g/mol. The van der Waals surface area contributed by atoms with E-state index in [2.05, 4.69) is 20.9 Å². The van der Waals surface area contributed by atoms with Crippen LogP contribution in [0.3, 0.4) is 0 Å². The molecule has 20 heavy (non-hydrogen) atoms. The van der Waals surface area contributed by atoms with E-state index in [-0.39, 0.29) is 11.7 Å². The van der Waals surface area contributed by atoms with Crippen LogP contribution >= 0.6 is 27.5 Å². The van der Waals surface area contributed by atoms with Gasteiger partial charge in [0, 0.05) is 9.89 Å². The number of carbonyl (C=O) groups is 1. The lowest BCUT2D eigenvalue weighted by molar-refractivity contribution is 0.0659. The van der Waals surface area contributed by atoms with E-state index in [0.29, 0.717) is 16.3 Å². The van der Waals surface area contributed by atoms with E-state index in [9.17, 15) is 9.90 Å². The van der Waals surface area contributed by atoms with E-state index in [1.165, 1.54) is 0 Å². The number of aromatic nitrogens is 1. The first-order valence-electron chi connectivity index (χ1n) is 5.90. The third-order valence-corrected chi connectivity index (χ3v) is 3.50. The molecule has 4 nitrogen and oxygen atoms in total. The Morgan fingerprint density at radius 2 is 2.05 bits per heavy atom. The molecule has 6 heteroatoms. The molecule has 2 rings (SSSR count). The van der Waals surface area contributed by atoms with Gasteiger partial charge in [0.15, 0.2) is 0 Å². The molecule has 0 bridgehead atoms. The van der Waals surface area contributed by atoms with Crippen molar-refractivity contribution in [2.45, 2.75) is 26.2 Å². The lowest BCUT2D eigenvalue weighted by atomic mass is 9.91. The number of benzene rings is 1. The number of halogens is 2. The Labute approximate surface area is 129 Å². The smallest absolute Gasteiger partial charge is 0.373 e. The van der Waals surface area contributed by atoms with Crippen molar-refractivity contribution in [2.75, 3.05) is 0 Å². The van der Waals surface area contributed by atoms with Gasteiger partial charge in [-0.15, -0.1) is 0 Å². The van der Waals surface area contributed by atoms with E-state index < -0.39 is 11.4 Å². The van der Waals surface area contributed by atoms with Crippen molar-refractivity contribution in [1.29, 1.82) is 0 Å². The van der Waals surface area contributed by atoms with E-state index in [1.807, 2.05) is 20.8 Å². The van der Waals surface area contributed by atoms with Gasteiger partial charge in [-0.05, 0) is 18.2 Å². The maximum absolute atomic E-state index is 11.3. The molecule has 0 amide bonds. The van der Waals surface area contributed by atoms with Gasteiger partial charge in [0.25, 0.3) is 0 Å². The minimum Gasteiger partial charge on any atom is -0.475 e. The standard InChI is InChI=1S/C14H13BrClNO3/c1-14(2,3)11-10(13(18)19)20-12(17-11)8-5-4-7(15)6-9(8)16/h4-6H,1-3H3,(H,18,19). The number of aromatic carboxylic acids is 1. The van der Waals surface area contributed by atoms with Crippen molar-refractivity contribution < 1.29 is 14.3 Å². The summed E-state index contributed by atoms with van der Waals surface area (Å²) in [4.78, 5) is 15.6. The molecule has 0 aliphatic rings. The predicted molar refractivity (Wildman–Crippen MR) is 80.3 cm³/mol. The summed E-state index contributed by atoms with van der Waals surface area (Å²) in [6.45, 7) is 5.64. The highest BCUT2D eigenvalue weighted by molar-refractivity contribution is 9.10. The normalized spacial score (nSPS) is 11.7. The maximum atomic E-state index is 11.3.